The summed E-state index contributed by atoms with van der Waals surface area (Å²) in [6, 6.07) is 9.23. The number of methoxy groups -OCH3 is 2. The summed E-state index contributed by atoms with van der Waals surface area (Å²) in [4.78, 5) is 26.3. The normalized spacial score (nSPS) is 10.8. The zero-order valence-electron chi connectivity index (χ0n) is 22.2. The van der Waals surface area contributed by atoms with Gasteiger partial charge in [0, 0.05) is 41.9 Å². The number of fused-ring (bicyclic) bond motifs is 1. The Morgan fingerprint density at radius 1 is 1.10 bits per heavy atom. The minimum Gasteiger partial charge on any atom is -0.495 e. The van der Waals surface area contributed by atoms with Crippen LogP contribution in [0.1, 0.15) is 24.5 Å². The van der Waals surface area contributed by atoms with Gasteiger partial charge in [-0.05, 0) is 36.6 Å². The van der Waals surface area contributed by atoms with E-state index in [-0.39, 0.29) is 12.2 Å². The number of para-hydroxylation sites is 1. The van der Waals surface area contributed by atoms with Crippen molar-refractivity contribution in [2.45, 2.75) is 26.7 Å². The molecule has 0 unspecified atom stereocenters. The number of carbonyl (C=O) groups excluding carboxylic acids is 1. The average molecular weight is 566 g/mol. The lowest BCUT2D eigenvalue weighted by molar-refractivity contribution is -0.114. The first-order valence-electron chi connectivity index (χ1n) is 12.3. The topological polar surface area (TPSA) is 98.3 Å². The Labute approximate surface area is 237 Å². The standard InChI is InChI=1S/C29H29Cl2N5O3/c1-6-11-32-28-27-18(13-20(34-28)23-24(30)21(38-4)14-22(39-5)25(23)31)15-33-29(36-27)35-26-16(3)9-8-10-17(26)12-19(37)7-2/h7-10,13-15H,2,6,11-12H2,1,3-5H3,(H,32,34)(H,33,35,36). The van der Waals surface area contributed by atoms with Crippen molar-refractivity contribution in [1.82, 2.24) is 15.0 Å². The molecule has 39 heavy (non-hydrogen) atoms. The zero-order valence-corrected chi connectivity index (χ0v) is 23.7. The van der Waals surface area contributed by atoms with Crippen molar-refractivity contribution < 1.29 is 14.3 Å². The summed E-state index contributed by atoms with van der Waals surface area (Å²) >= 11 is 13.4. The number of rotatable bonds is 11. The van der Waals surface area contributed by atoms with E-state index in [2.05, 4.69) is 29.1 Å². The lowest BCUT2D eigenvalue weighted by Gasteiger charge is -2.17. The van der Waals surface area contributed by atoms with Crippen molar-refractivity contribution in [1.29, 1.82) is 0 Å². The van der Waals surface area contributed by atoms with E-state index in [0.29, 0.717) is 56.6 Å². The van der Waals surface area contributed by atoms with Crippen LogP contribution >= 0.6 is 23.2 Å². The van der Waals surface area contributed by atoms with E-state index in [0.717, 1.165) is 28.6 Å². The summed E-state index contributed by atoms with van der Waals surface area (Å²) in [7, 11) is 3.05. The Morgan fingerprint density at radius 2 is 1.82 bits per heavy atom. The van der Waals surface area contributed by atoms with Crippen LogP contribution in [0.4, 0.5) is 17.5 Å². The minimum absolute atomic E-state index is 0.0719. The van der Waals surface area contributed by atoms with E-state index in [9.17, 15) is 4.79 Å². The fourth-order valence-electron chi connectivity index (χ4n) is 4.13. The van der Waals surface area contributed by atoms with Gasteiger partial charge in [0.25, 0.3) is 0 Å². The zero-order chi connectivity index (χ0) is 28.1. The molecular weight excluding hydrogens is 537 g/mol. The Balaban J connectivity index is 1.84. The first-order valence-corrected chi connectivity index (χ1v) is 13.1. The SMILES string of the molecule is C=CC(=O)Cc1cccc(C)c1Nc1ncc2cc(-c3c(Cl)c(OC)cc(OC)c3Cl)nc(NCCC)c2n1. The average Bonchev–Trinajstić information content (AvgIpc) is 2.93. The van der Waals surface area contributed by atoms with E-state index >= 15 is 0 Å². The first kappa shape index (κ1) is 28.1. The van der Waals surface area contributed by atoms with Crippen LogP contribution in [0.5, 0.6) is 11.5 Å². The van der Waals surface area contributed by atoms with Gasteiger partial charge in [-0.15, -0.1) is 0 Å². The summed E-state index contributed by atoms with van der Waals surface area (Å²) in [5.41, 5.74) is 4.18. The molecule has 2 heterocycles. The fourth-order valence-corrected chi connectivity index (χ4v) is 4.83. The van der Waals surface area contributed by atoms with Crippen LogP contribution in [0.25, 0.3) is 22.2 Å². The minimum atomic E-state index is -0.0719. The van der Waals surface area contributed by atoms with Gasteiger partial charge in [0.15, 0.2) is 11.6 Å². The van der Waals surface area contributed by atoms with Crippen molar-refractivity contribution >= 4 is 57.3 Å². The molecule has 202 valence electrons. The van der Waals surface area contributed by atoms with Gasteiger partial charge in [0.2, 0.25) is 5.95 Å². The number of pyridine rings is 1. The number of nitrogens with zero attached hydrogens (tertiary/aromatic N) is 3. The van der Waals surface area contributed by atoms with Gasteiger partial charge < -0.3 is 20.1 Å². The monoisotopic (exact) mass is 565 g/mol. The van der Waals surface area contributed by atoms with Gasteiger partial charge in [0.1, 0.15) is 17.0 Å². The van der Waals surface area contributed by atoms with Gasteiger partial charge in [-0.1, -0.05) is 54.9 Å². The summed E-state index contributed by atoms with van der Waals surface area (Å²) < 4.78 is 10.9. The van der Waals surface area contributed by atoms with E-state index < -0.39 is 0 Å². The number of hydrogen-bond donors (Lipinski definition) is 2. The molecule has 4 rings (SSSR count). The third kappa shape index (κ3) is 5.92. The molecule has 0 saturated carbocycles. The smallest absolute Gasteiger partial charge is 0.227 e. The van der Waals surface area contributed by atoms with E-state index in [1.165, 1.54) is 20.3 Å². The van der Waals surface area contributed by atoms with Crippen LogP contribution in [-0.4, -0.2) is 41.5 Å². The maximum Gasteiger partial charge on any atom is 0.227 e. The summed E-state index contributed by atoms with van der Waals surface area (Å²) in [5.74, 6) is 1.68. The second kappa shape index (κ2) is 12.3. The number of ketones is 1. The predicted molar refractivity (Wildman–Crippen MR) is 158 cm³/mol. The molecule has 0 amide bonds. The van der Waals surface area contributed by atoms with Crippen LogP contribution < -0.4 is 20.1 Å². The molecule has 8 nitrogen and oxygen atoms in total. The molecule has 4 aromatic rings. The molecule has 0 radical (unpaired) electrons. The van der Waals surface area contributed by atoms with Crippen molar-refractivity contribution in [3.63, 3.8) is 0 Å². The number of benzene rings is 2. The molecule has 0 atom stereocenters. The summed E-state index contributed by atoms with van der Waals surface area (Å²) in [6.45, 7) is 8.28. The molecular formula is C29H29Cl2N5O3. The second-order valence-corrected chi connectivity index (χ2v) is 9.54. The maximum atomic E-state index is 12.1. The number of hydrogen-bond acceptors (Lipinski definition) is 8. The van der Waals surface area contributed by atoms with Crippen LogP contribution in [0.2, 0.25) is 10.0 Å². The highest BCUT2D eigenvalue weighted by Crippen LogP contribution is 2.46. The van der Waals surface area contributed by atoms with Crippen LogP contribution in [0.15, 0.2) is 49.2 Å². The number of allylic oxidation sites excluding steroid dienone is 1. The molecule has 0 bridgehead atoms. The molecule has 0 fully saturated rings. The van der Waals surface area contributed by atoms with Gasteiger partial charge in [-0.25, -0.2) is 15.0 Å². The molecule has 10 heteroatoms. The second-order valence-electron chi connectivity index (χ2n) is 8.78. The Bertz CT molecular complexity index is 1530. The van der Waals surface area contributed by atoms with Crippen molar-refractivity contribution in [2.24, 2.45) is 0 Å². The summed E-state index contributed by atoms with van der Waals surface area (Å²) in [6.07, 6.45) is 4.13. The number of aryl methyl sites for hydroxylation is 1. The summed E-state index contributed by atoms with van der Waals surface area (Å²) in [5, 5.41) is 8.02. The molecule has 2 N–H and O–H groups in total. The highest BCUT2D eigenvalue weighted by Gasteiger charge is 2.22. The Morgan fingerprint density at radius 3 is 2.46 bits per heavy atom. The Hall–Kier alpha value is -3.88. The number of nitrogens with one attached hydrogen (secondary N) is 2. The molecule has 2 aromatic heterocycles. The third-order valence-corrected chi connectivity index (χ3v) is 6.88. The Kier molecular flexibility index (Phi) is 8.89. The number of ether oxygens (including phenoxy) is 2. The number of halogens is 2. The van der Waals surface area contributed by atoms with Crippen molar-refractivity contribution in [3.8, 4) is 22.8 Å². The first-order chi connectivity index (χ1) is 18.8. The third-order valence-electron chi connectivity index (χ3n) is 6.13. The van der Waals surface area contributed by atoms with E-state index in [4.69, 9.17) is 42.6 Å². The lowest BCUT2D eigenvalue weighted by Crippen LogP contribution is -2.08. The van der Waals surface area contributed by atoms with E-state index in [1.807, 2.05) is 31.2 Å². The number of carbonyl (C=O) groups is 1. The van der Waals surface area contributed by atoms with Crippen LogP contribution in [-0.2, 0) is 11.2 Å². The molecule has 0 aliphatic heterocycles. The van der Waals surface area contributed by atoms with Crippen LogP contribution in [0.3, 0.4) is 0 Å². The van der Waals surface area contributed by atoms with Gasteiger partial charge in [0.05, 0.1) is 30.0 Å². The molecule has 0 saturated heterocycles. The molecule has 2 aromatic carbocycles. The number of aromatic nitrogens is 3. The lowest BCUT2D eigenvalue weighted by atomic mass is 10.0. The maximum absolute atomic E-state index is 12.1. The highest BCUT2D eigenvalue weighted by molar-refractivity contribution is 6.41. The van der Waals surface area contributed by atoms with Gasteiger partial charge in [-0.2, -0.15) is 0 Å². The largest absolute Gasteiger partial charge is 0.495 e. The quantitative estimate of drug-likeness (QED) is 0.184. The van der Waals surface area contributed by atoms with Gasteiger partial charge in [-0.3, -0.25) is 4.79 Å². The van der Waals surface area contributed by atoms with Gasteiger partial charge >= 0.3 is 0 Å². The highest BCUT2D eigenvalue weighted by atomic mass is 35.5. The molecule has 0 aliphatic carbocycles. The fraction of sp³-hybridized carbons (Fsp3) is 0.241. The molecule has 0 aliphatic rings. The molecule has 0 spiro atoms. The van der Waals surface area contributed by atoms with E-state index in [1.54, 1.807) is 12.3 Å². The predicted octanol–water partition coefficient (Wildman–Crippen LogP) is 7.19. The van der Waals surface area contributed by atoms with Crippen LogP contribution in [0, 0.1) is 6.92 Å². The number of anilines is 3. The van der Waals surface area contributed by atoms with Crippen molar-refractivity contribution in [3.05, 3.63) is 70.4 Å². The van der Waals surface area contributed by atoms with Crippen molar-refractivity contribution in [2.75, 3.05) is 31.4 Å².